The van der Waals surface area contributed by atoms with Crippen LogP contribution >= 0.6 is 11.6 Å². The molecule has 11 nitrogen and oxygen atoms in total. The first-order chi connectivity index (χ1) is 19.9. The van der Waals surface area contributed by atoms with Gasteiger partial charge in [0, 0.05) is 49.3 Å². The molecule has 0 radical (unpaired) electrons. The van der Waals surface area contributed by atoms with E-state index >= 15 is 0 Å². The van der Waals surface area contributed by atoms with Gasteiger partial charge in [-0.15, -0.1) is 0 Å². The Morgan fingerprint density at radius 3 is 2.66 bits per heavy atom. The summed E-state index contributed by atoms with van der Waals surface area (Å²) in [4.78, 5) is 38.4. The Balaban J connectivity index is 1.14. The quantitative estimate of drug-likeness (QED) is 0.326. The Morgan fingerprint density at radius 2 is 1.85 bits per heavy atom. The molecule has 0 unspecified atom stereocenters. The molecule has 41 heavy (non-hydrogen) atoms. The summed E-state index contributed by atoms with van der Waals surface area (Å²) in [5, 5.41) is 13.9. The summed E-state index contributed by atoms with van der Waals surface area (Å²) in [6.07, 6.45) is 3.05. The molecule has 1 fully saturated rings. The summed E-state index contributed by atoms with van der Waals surface area (Å²) in [5.41, 5.74) is 4.89. The summed E-state index contributed by atoms with van der Waals surface area (Å²) in [6.45, 7) is 4.22. The van der Waals surface area contributed by atoms with Crippen molar-refractivity contribution in [2.75, 3.05) is 48.7 Å². The van der Waals surface area contributed by atoms with Gasteiger partial charge in [-0.2, -0.15) is 4.98 Å². The van der Waals surface area contributed by atoms with E-state index in [0.29, 0.717) is 60.8 Å². The molecule has 2 aromatic carbocycles. The fourth-order valence-electron chi connectivity index (χ4n) is 5.00. The lowest BCUT2D eigenvalue weighted by molar-refractivity contribution is -0.117. The number of hydrogen-bond donors (Lipinski definition) is 3. The summed E-state index contributed by atoms with van der Waals surface area (Å²) in [7, 11) is 0. The monoisotopic (exact) mass is 572 g/mol. The molecule has 210 valence electrons. The molecule has 0 aliphatic carbocycles. The zero-order valence-electron chi connectivity index (χ0n) is 22.5. The highest BCUT2D eigenvalue weighted by Crippen LogP contribution is 2.29. The second-order valence-corrected chi connectivity index (χ2v) is 10.6. The van der Waals surface area contributed by atoms with E-state index in [9.17, 15) is 9.59 Å². The summed E-state index contributed by atoms with van der Waals surface area (Å²) in [6, 6.07) is 15.5. The van der Waals surface area contributed by atoms with Crippen LogP contribution in [0.2, 0.25) is 5.02 Å². The number of aromatic nitrogens is 3. The standard InChI is InChI=1S/C29H29ClN8O3/c1-18-13-25(36-41-18)28(40)38-11-9-37(10-12-38)17-26(39)34-24-8-7-22-15-20(24)6-5-19-3-2-4-21(14-19)33-29-31-16-23(30)27(32-22)35-29/h2-4,7-8,13-16H,5-6,9-12,17H2,1H3,(H,34,39)(H2,31,32,33,35). The molecule has 1 saturated heterocycles. The maximum absolute atomic E-state index is 13.1. The van der Waals surface area contributed by atoms with E-state index in [4.69, 9.17) is 16.1 Å². The van der Waals surface area contributed by atoms with Gasteiger partial charge in [0.15, 0.2) is 11.5 Å². The van der Waals surface area contributed by atoms with Crippen LogP contribution in [0.15, 0.2) is 59.3 Å². The van der Waals surface area contributed by atoms with Gasteiger partial charge in [0.1, 0.15) is 10.8 Å². The van der Waals surface area contributed by atoms with E-state index in [1.54, 1.807) is 24.1 Å². The van der Waals surface area contributed by atoms with E-state index in [1.165, 1.54) is 0 Å². The van der Waals surface area contributed by atoms with Crippen molar-refractivity contribution >= 4 is 52.2 Å². The third kappa shape index (κ3) is 6.31. The van der Waals surface area contributed by atoms with Crippen LogP contribution in [0.3, 0.4) is 0 Å². The third-order valence-electron chi connectivity index (χ3n) is 7.13. The highest BCUT2D eigenvalue weighted by atomic mass is 35.5. The minimum atomic E-state index is -0.152. The van der Waals surface area contributed by atoms with E-state index in [2.05, 4.69) is 43.2 Å². The van der Waals surface area contributed by atoms with Gasteiger partial charge in [-0.05, 0) is 61.2 Å². The predicted octanol–water partition coefficient (Wildman–Crippen LogP) is 4.41. The fourth-order valence-corrected chi connectivity index (χ4v) is 5.13. The first kappa shape index (κ1) is 26.7. The minimum absolute atomic E-state index is 0.105. The van der Waals surface area contributed by atoms with E-state index in [0.717, 1.165) is 34.6 Å². The third-order valence-corrected chi connectivity index (χ3v) is 7.40. The maximum Gasteiger partial charge on any atom is 0.276 e. The average Bonchev–Trinajstić information content (AvgIpc) is 3.41. The molecule has 0 spiro atoms. The van der Waals surface area contributed by atoms with Gasteiger partial charge in [-0.1, -0.05) is 28.9 Å². The zero-order chi connectivity index (χ0) is 28.3. The van der Waals surface area contributed by atoms with Crippen molar-refractivity contribution in [3.05, 3.63) is 82.3 Å². The number of piperazine rings is 1. The van der Waals surface area contributed by atoms with Crippen LogP contribution in [0.5, 0.6) is 0 Å². The number of amides is 2. The van der Waals surface area contributed by atoms with Gasteiger partial charge in [-0.3, -0.25) is 14.5 Å². The Hall–Kier alpha value is -4.48. The minimum Gasteiger partial charge on any atom is -0.361 e. The van der Waals surface area contributed by atoms with Crippen molar-refractivity contribution in [3.63, 3.8) is 0 Å². The first-order valence-corrected chi connectivity index (χ1v) is 13.8. The van der Waals surface area contributed by atoms with Gasteiger partial charge in [0.05, 0.1) is 12.7 Å². The van der Waals surface area contributed by atoms with Crippen LogP contribution in [0.4, 0.5) is 28.8 Å². The smallest absolute Gasteiger partial charge is 0.276 e. The Morgan fingerprint density at radius 1 is 1.02 bits per heavy atom. The molecule has 2 aliphatic heterocycles. The fraction of sp³-hybridized carbons (Fsp3) is 0.276. The SMILES string of the molecule is Cc1cc(C(=O)N2CCN(CC(=O)Nc3ccc4cc3CCc3cccc(c3)Nc3ncc(Cl)c(n3)N4)CC2)no1. The number of rotatable bonds is 4. The summed E-state index contributed by atoms with van der Waals surface area (Å²) in [5.74, 6) is 1.27. The number of fused-ring (bicyclic) bond motifs is 6. The van der Waals surface area contributed by atoms with Crippen LogP contribution in [0.1, 0.15) is 27.4 Å². The molecule has 0 atom stereocenters. The lowest BCUT2D eigenvalue weighted by Crippen LogP contribution is -2.50. The van der Waals surface area contributed by atoms with Gasteiger partial charge >= 0.3 is 0 Å². The zero-order valence-corrected chi connectivity index (χ0v) is 23.2. The van der Waals surface area contributed by atoms with Crippen molar-refractivity contribution in [3.8, 4) is 0 Å². The van der Waals surface area contributed by atoms with Crippen LogP contribution in [-0.4, -0.2) is 69.5 Å². The molecule has 12 heteroatoms. The molecule has 2 amide bonds. The topological polar surface area (TPSA) is 129 Å². The maximum atomic E-state index is 13.1. The van der Waals surface area contributed by atoms with Crippen molar-refractivity contribution in [2.24, 2.45) is 0 Å². The van der Waals surface area contributed by atoms with Crippen molar-refractivity contribution in [1.29, 1.82) is 0 Å². The highest BCUT2D eigenvalue weighted by molar-refractivity contribution is 6.32. The Kier molecular flexibility index (Phi) is 7.53. The number of halogens is 1. The molecule has 0 saturated carbocycles. The molecule has 4 aromatic rings. The molecule has 4 heterocycles. The largest absolute Gasteiger partial charge is 0.361 e. The average molecular weight is 573 g/mol. The van der Waals surface area contributed by atoms with Crippen LogP contribution < -0.4 is 16.0 Å². The van der Waals surface area contributed by atoms with Gasteiger partial charge < -0.3 is 25.4 Å². The highest BCUT2D eigenvalue weighted by Gasteiger charge is 2.25. The number of nitrogens with one attached hydrogen (secondary N) is 3. The second kappa shape index (κ2) is 11.6. The van der Waals surface area contributed by atoms with E-state index < -0.39 is 0 Å². The molecular weight excluding hydrogens is 544 g/mol. The number of nitrogens with zero attached hydrogens (tertiary/aromatic N) is 5. The number of hydrogen-bond acceptors (Lipinski definition) is 9. The predicted molar refractivity (Wildman–Crippen MR) is 156 cm³/mol. The van der Waals surface area contributed by atoms with E-state index in [-0.39, 0.29) is 18.4 Å². The Bertz CT molecular complexity index is 1600. The number of benzene rings is 2. The van der Waals surface area contributed by atoms with Gasteiger partial charge in [0.25, 0.3) is 5.91 Å². The molecule has 6 bridgehead atoms. The molecule has 3 N–H and O–H groups in total. The normalized spacial score (nSPS) is 15.0. The summed E-state index contributed by atoms with van der Waals surface area (Å²) < 4.78 is 5.03. The van der Waals surface area contributed by atoms with Crippen LogP contribution in [-0.2, 0) is 17.6 Å². The lowest BCUT2D eigenvalue weighted by atomic mass is 10.0. The molecule has 2 aliphatic rings. The van der Waals surface area contributed by atoms with Crippen molar-refractivity contribution < 1.29 is 14.1 Å². The van der Waals surface area contributed by atoms with Crippen molar-refractivity contribution in [1.82, 2.24) is 24.9 Å². The van der Waals surface area contributed by atoms with Crippen molar-refractivity contribution in [2.45, 2.75) is 19.8 Å². The summed E-state index contributed by atoms with van der Waals surface area (Å²) >= 11 is 6.38. The van der Waals surface area contributed by atoms with Crippen LogP contribution in [0.25, 0.3) is 0 Å². The number of anilines is 5. The van der Waals surface area contributed by atoms with Gasteiger partial charge in [0.2, 0.25) is 11.9 Å². The Labute approximate surface area is 241 Å². The van der Waals surface area contributed by atoms with E-state index in [1.807, 2.05) is 35.2 Å². The molecule has 6 rings (SSSR count). The number of aryl methyl sites for hydroxylation is 3. The lowest BCUT2D eigenvalue weighted by Gasteiger charge is -2.33. The van der Waals surface area contributed by atoms with Gasteiger partial charge in [-0.25, -0.2) is 4.98 Å². The number of carbonyl (C=O) groups excluding carboxylic acids is 2. The van der Waals surface area contributed by atoms with Crippen LogP contribution in [0, 0.1) is 6.92 Å². The first-order valence-electron chi connectivity index (χ1n) is 13.4. The molecule has 2 aromatic heterocycles. The second-order valence-electron chi connectivity index (χ2n) is 10.2. The number of carbonyl (C=O) groups is 2. The molecular formula is C29H29ClN8O3.